The summed E-state index contributed by atoms with van der Waals surface area (Å²) in [5.41, 5.74) is 5.90. The number of thiophene rings is 1. The van der Waals surface area contributed by atoms with Crippen LogP contribution >= 0.6 is 11.3 Å². The van der Waals surface area contributed by atoms with Crippen LogP contribution in [0.15, 0.2) is 4.90 Å². The Morgan fingerprint density at radius 1 is 1.53 bits per heavy atom. The topological polar surface area (TPSA) is 96.0 Å². The van der Waals surface area contributed by atoms with Crippen molar-refractivity contribution in [2.45, 2.75) is 37.6 Å². The molecule has 0 amide bonds. The molecule has 5 nitrogen and oxygen atoms in total. The first kappa shape index (κ1) is 14.2. The second-order valence-corrected chi connectivity index (χ2v) is 7.91. The van der Waals surface area contributed by atoms with E-state index in [1.54, 1.807) is 6.92 Å². The van der Waals surface area contributed by atoms with Gasteiger partial charge in [-0.05, 0) is 12.3 Å². The van der Waals surface area contributed by atoms with Crippen molar-refractivity contribution < 1.29 is 8.42 Å². The Morgan fingerprint density at radius 3 is 2.68 bits per heavy atom. The Labute approximate surface area is 117 Å². The number of hydrogen-bond donors (Lipinski definition) is 2. The fourth-order valence-corrected chi connectivity index (χ4v) is 4.62. The maximum absolute atomic E-state index is 12.1. The van der Waals surface area contributed by atoms with Gasteiger partial charge < -0.3 is 11.1 Å². The van der Waals surface area contributed by atoms with Gasteiger partial charge in [0.1, 0.15) is 20.8 Å². The highest BCUT2D eigenvalue weighted by Crippen LogP contribution is 2.44. The molecular formula is C12H17N3O2S2. The first-order chi connectivity index (χ1) is 8.94. The molecule has 2 unspecified atom stereocenters. The molecule has 1 aliphatic rings. The van der Waals surface area contributed by atoms with Crippen LogP contribution in [0, 0.1) is 17.2 Å². The zero-order chi connectivity index (χ0) is 14.2. The second-order valence-electron chi connectivity index (χ2n) is 4.67. The van der Waals surface area contributed by atoms with E-state index >= 15 is 0 Å². The molecule has 2 atom stereocenters. The van der Waals surface area contributed by atoms with Crippen LogP contribution in [0.4, 0.5) is 10.7 Å². The molecule has 0 radical (unpaired) electrons. The van der Waals surface area contributed by atoms with E-state index in [2.05, 4.69) is 12.2 Å². The molecule has 0 bridgehead atoms. The molecule has 1 fully saturated rings. The molecule has 1 heterocycles. The summed E-state index contributed by atoms with van der Waals surface area (Å²) in [6, 6.07) is 2.27. The number of nitrogen functional groups attached to an aromatic ring is 1. The van der Waals surface area contributed by atoms with Gasteiger partial charge >= 0.3 is 0 Å². The molecule has 0 aromatic carbocycles. The van der Waals surface area contributed by atoms with Crippen LogP contribution in [-0.2, 0) is 9.84 Å². The summed E-state index contributed by atoms with van der Waals surface area (Å²) in [5, 5.41) is 12.8. The minimum atomic E-state index is -3.42. The lowest BCUT2D eigenvalue weighted by molar-refractivity contribution is 0.598. The third kappa shape index (κ3) is 2.55. The third-order valence-corrected chi connectivity index (χ3v) is 6.43. The van der Waals surface area contributed by atoms with E-state index in [1.165, 1.54) is 0 Å². The number of sulfone groups is 1. The molecule has 3 N–H and O–H groups in total. The lowest BCUT2D eigenvalue weighted by Gasteiger charge is -2.07. The Hall–Kier alpha value is -1.26. The number of nitriles is 1. The average Bonchev–Trinajstić information content (AvgIpc) is 3.05. The Balaban J connectivity index is 2.40. The van der Waals surface area contributed by atoms with Gasteiger partial charge in [0.25, 0.3) is 0 Å². The van der Waals surface area contributed by atoms with Crippen LogP contribution in [0.25, 0.3) is 0 Å². The lowest BCUT2D eigenvalue weighted by Crippen LogP contribution is -2.11. The molecule has 0 spiro atoms. The molecule has 1 aromatic heterocycles. The van der Waals surface area contributed by atoms with E-state index in [-0.39, 0.29) is 21.2 Å². The number of nitrogens with two attached hydrogens (primary N) is 1. The van der Waals surface area contributed by atoms with Crippen LogP contribution in [0.3, 0.4) is 0 Å². The molecule has 19 heavy (non-hydrogen) atoms. The van der Waals surface area contributed by atoms with Crippen molar-refractivity contribution in [1.82, 2.24) is 0 Å². The van der Waals surface area contributed by atoms with Gasteiger partial charge in [0, 0.05) is 6.04 Å². The Kier molecular flexibility index (Phi) is 3.74. The van der Waals surface area contributed by atoms with E-state index in [1.807, 2.05) is 6.07 Å². The van der Waals surface area contributed by atoms with Crippen molar-refractivity contribution >= 4 is 31.9 Å². The van der Waals surface area contributed by atoms with E-state index in [0.29, 0.717) is 17.0 Å². The van der Waals surface area contributed by atoms with Gasteiger partial charge in [0.05, 0.1) is 11.4 Å². The average molecular weight is 299 g/mol. The van der Waals surface area contributed by atoms with Crippen LogP contribution < -0.4 is 11.1 Å². The van der Waals surface area contributed by atoms with Crippen LogP contribution in [-0.4, -0.2) is 20.2 Å². The quantitative estimate of drug-likeness (QED) is 0.869. The summed E-state index contributed by atoms with van der Waals surface area (Å²) in [4.78, 5) is 0.376. The molecule has 2 rings (SSSR count). The highest BCUT2D eigenvalue weighted by molar-refractivity contribution is 7.91. The third-order valence-electron chi connectivity index (χ3n) is 3.46. The summed E-state index contributed by atoms with van der Waals surface area (Å²) < 4.78 is 24.2. The van der Waals surface area contributed by atoms with E-state index in [0.717, 1.165) is 24.2 Å². The van der Waals surface area contributed by atoms with Crippen molar-refractivity contribution in [2.75, 3.05) is 16.8 Å². The van der Waals surface area contributed by atoms with Crippen molar-refractivity contribution in [2.24, 2.45) is 5.92 Å². The first-order valence-corrected chi connectivity index (χ1v) is 8.73. The highest BCUT2D eigenvalue weighted by atomic mass is 32.2. The number of rotatable bonds is 5. The van der Waals surface area contributed by atoms with Gasteiger partial charge in [-0.15, -0.1) is 11.3 Å². The number of nitrogens with zero attached hydrogens (tertiary/aromatic N) is 1. The highest BCUT2D eigenvalue weighted by Gasteiger charge is 2.37. The molecule has 0 saturated heterocycles. The molecule has 1 saturated carbocycles. The van der Waals surface area contributed by atoms with Gasteiger partial charge in [-0.1, -0.05) is 20.3 Å². The minimum absolute atomic E-state index is 0.0185. The van der Waals surface area contributed by atoms with E-state index in [9.17, 15) is 8.42 Å². The first-order valence-electron chi connectivity index (χ1n) is 6.26. The molecule has 0 aliphatic heterocycles. The summed E-state index contributed by atoms with van der Waals surface area (Å²) >= 11 is 1.13. The van der Waals surface area contributed by atoms with E-state index < -0.39 is 9.84 Å². The lowest BCUT2D eigenvalue weighted by atomic mass is 10.3. The van der Waals surface area contributed by atoms with Crippen molar-refractivity contribution in [1.29, 1.82) is 5.26 Å². The van der Waals surface area contributed by atoms with Crippen molar-refractivity contribution in [3.8, 4) is 6.07 Å². The molecule has 1 aromatic rings. The van der Waals surface area contributed by atoms with Gasteiger partial charge in [0.2, 0.25) is 0 Å². The standard InChI is InChI=1S/C12H17N3O2S2/c1-3-7-5-8(7)15-12-11(19(16,17)4-2)10(14)9(6-13)18-12/h7-8,15H,3-5,14H2,1-2H3. The number of hydrogen-bond acceptors (Lipinski definition) is 6. The minimum Gasteiger partial charge on any atom is -0.396 e. The predicted molar refractivity (Wildman–Crippen MR) is 77.0 cm³/mol. The molecule has 104 valence electrons. The normalized spacial score (nSPS) is 21.9. The molecule has 7 heteroatoms. The largest absolute Gasteiger partial charge is 0.396 e. The second kappa shape index (κ2) is 5.02. The zero-order valence-corrected chi connectivity index (χ0v) is 12.6. The SMILES string of the molecule is CCC1CC1Nc1sc(C#N)c(N)c1S(=O)(=O)CC. The van der Waals surface area contributed by atoms with E-state index in [4.69, 9.17) is 11.0 Å². The van der Waals surface area contributed by atoms with Gasteiger partial charge in [-0.3, -0.25) is 0 Å². The summed E-state index contributed by atoms with van der Waals surface area (Å²) in [7, 11) is -3.42. The summed E-state index contributed by atoms with van der Waals surface area (Å²) in [6.45, 7) is 3.69. The zero-order valence-electron chi connectivity index (χ0n) is 10.9. The Bertz CT molecular complexity index is 628. The fraction of sp³-hybridized carbons (Fsp3) is 0.583. The predicted octanol–water partition coefficient (Wildman–Crippen LogP) is 2.21. The molecular weight excluding hydrogens is 282 g/mol. The number of nitrogens with one attached hydrogen (secondary N) is 1. The maximum atomic E-state index is 12.1. The number of anilines is 2. The van der Waals surface area contributed by atoms with Gasteiger partial charge in [0.15, 0.2) is 9.84 Å². The van der Waals surface area contributed by atoms with Crippen LogP contribution in [0.1, 0.15) is 31.6 Å². The van der Waals surface area contributed by atoms with Gasteiger partial charge in [-0.25, -0.2) is 8.42 Å². The molecule has 1 aliphatic carbocycles. The Morgan fingerprint density at radius 2 is 2.21 bits per heavy atom. The summed E-state index contributed by atoms with van der Waals surface area (Å²) in [5.74, 6) is 0.570. The van der Waals surface area contributed by atoms with Crippen molar-refractivity contribution in [3.05, 3.63) is 4.88 Å². The van der Waals surface area contributed by atoms with Crippen LogP contribution in [0.5, 0.6) is 0 Å². The monoisotopic (exact) mass is 299 g/mol. The summed E-state index contributed by atoms with van der Waals surface area (Å²) in [6.07, 6.45) is 2.11. The van der Waals surface area contributed by atoms with Crippen LogP contribution in [0.2, 0.25) is 0 Å². The maximum Gasteiger partial charge on any atom is 0.183 e. The van der Waals surface area contributed by atoms with Crippen molar-refractivity contribution in [3.63, 3.8) is 0 Å². The fourth-order valence-electron chi connectivity index (χ4n) is 2.10. The van der Waals surface area contributed by atoms with Gasteiger partial charge in [-0.2, -0.15) is 5.26 Å². The smallest absolute Gasteiger partial charge is 0.183 e.